The van der Waals surface area contributed by atoms with Crippen molar-refractivity contribution in [1.82, 2.24) is 15.5 Å². The molecular formula is C12H23N3O2. The summed E-state index contributed by atoms with van der Waals surface area (Å²) in [4.78, 5) is 25.0. The summed E-state index contributed by atoms with van der Waals surface area (Å²) < 4.78 is 0. The van der Waals surface area contributed by atoms with Gasteiger partial charge >= 0.3 is 0 Å². The molecule has 98 valence electrons. The predicted molar refractivity (Wildman–Crippen MR) is 66.5 cm³/mol. The van der Waals surface area contributed by atoms with Crippen molar-refractivity contribution in [2.75, 3.05) is 33.2 Å². The molecule has 2 amide bonds. The first-order valence-corrected chi connectivity index (χ1v) is 6.23. The molecule has 0 bridgehead atoms. The van der Waals surface area contributed by atoms with Crippen LogP contribution in [0.25, 0.3) is 0 Å². The third-order valence-electron chi connectivity index (χ3n) is 2.87. The summed E-state index contributed by atoms with van der Waals surface area (Å²) in [5.74, 6) is 0.451. The van der Waals surface area contributed by atoms with Crippen LogP contribution < -0.4 is 10.6 Å². The molecule has 0 aromatic carbocycles. The van der Waals surface area contributed by atoms with Gasteiger partial charge in [-0.2, -0.15) is 0 Å². The minimum atomic E-state index is -0.0829. The summed E-state index contributed by atoms with van der Waals surface area (Å²) in [5.41, 5.74) is 0. The molecule has 0 saturated carbocycles. The fourth-order valence-electron chi connectivity index (χ4n) is 1.84. The monoisotopic (exact) mass is 241 g/mol. The third kappa shape index (κ3) is 4.73. The molecule has 1 saturated heterocycles. The zero-order valence-electron chi connectivity index (χ0n) is 11.0. The van der Waals surface area contributed by atoms with Gasteiger partial charge in [-0.15, -0.1) is 0 Å². The lowest BCUT2D eigenvalue weighted by Gasteiger charge is -2.20. The molecular weight excluding hydrogens is 218 g/mol. The van der Waals surface area contributed by atoms with Crippen LogP contribution in [-0.2, 0) is 9.59 Å². The van der Waals surface area contributed by atoms with Gasteiger partial charge in [-0.05, 0) is 18.9 Å². The van der Waals surface area contributed by atoms with Gasteiger partial charge in [0.05, 0.1) is 12.5 Å². The topological polar surface area (TPSA) is 61.4 Å². The van der Waals surface area contributed by atoms with Crippen LogP contribution in [0.5, 0.6) is 0 Å². The van der Waals surface area contributed by atoms with Gasteiger partial charge in [0, 0.05) is 20.1 Å². The van der Waals surface area contributed by atoms with Crippen LogP contribution in [0, 0.1) is 11.8 Å². The van der Waals surface area contributed by atoms with Gasteiger partial charge in [-0.3, -0.25) is 9.59 Å². The number of carbonyl (C=O) groups excluding carboxylic acids is 2. The summed E-state index contributed by atoms with van der Waals surface area (Å²) in [5, 5.41) is 5.96. The first-order valence-electron chi connectivity index (χ1n) is 6.23. The first-order chi connectivity index (χ1) is 8.00. The largest absolute Gasteiger partial charge is 0.354 e. The van der Waals surface area contributed by atoms with E-state index in [1.807, 2.05) is 13.8 Å². The van der Waals surface area contributed by atoms with Crippen LogP contribution >= 0.6 is 0 Å². The molecule has 1 unspecified atom stereocenters. The highest BCUT2D eigenvalue weighted by atomic mass is 16.2. The number of carbonyl (C=O) groups is 2. The second-order valence-electron chi connectivity index (χ2n) is 5.08. The number of likely N-dealkylation sites (N-methyl/N-ethyl adjacent to an activating group) is 1. The fraction of sp³-hybridized carbons (Fsp3) is 0.833. The Morgan fingerprint density at radius 2 is 2.18 bits per heavy atom. The van der Waals surface area contributed by atoms with E-state index in [1.165, 1.54) is 4.90 Å². The van der Waals surface area contributed by atoms with E-state index in [0.717, 1.165) is 19.5 Å². The average Bonchev–Trinajstić information content (AvgIpc) is 2.78. The molecule has 1 atom stereocenters. The second-order valence-corrected chi connectivity index (χ2v) is 5.08. The van der Waals surface area contributed by atoms with Crippen LogP contribution in [0.3, 0.4) is 0 Å². The Morgan fingerprint density at radius 1 is 1.47 bits per heavy atom. The third-order valence-corrected chi connectivity index (χ3v) is 2.87. The smallest absolute Gasteiger partial charge is 0.239 e. The summed E-state index contributed by atoms with van der Waals surface area (Å²) in [6, 6.07) is 0. The first kappa shape index (κ1) is 14.0. The van der Waals surface area contributed by atoms with Gasteiger partial charge < -0.3 is 15.5 Å². The predicted octanol–water partition coefficient (Wildman–Crippen LogP) is -0.173. The van der Waals surface area contributed by atoms with Gasteiger partial charge in [-0.25, -0.2) is 0 Å². The van der Waals surface area contributed by atoms with E-state index in [2.05, 4.69) is 10.6 Å². The van der Waals surface area contributed by atoms with Crippen LogP contribution in [0.4, 0.5) is 0 Å². The highest BCUT2D eigenvalue weighted by molar-refractivity contribution is 5.85. The molecule has 1 heterocycles. The van der Waals surface area contributed by atoms with Crippen molar-refractivity contribution in [3.63, 3.8) is 0 Å². The van der Waals surface area contributed by atoms with E-state index in [0.29, 0.717) is 12.5 Å². The average molecular weight is 241 g/mol. The highest BCUT2D eigenvalue weighted by Crippen LogP contribution is 2.10. The van der Waals surface area contributed by atoms with E-state index in [1.54, 1.807) is 7.05 Å². The molecule has 2 N–H and O–H groups in total. The Hall–Kier alpha value is -1.10. The lowest BCUT2D eigenvalue weighted by Crippen LogP contribution is -2.42. The van der Waals surface area contributed by atoms with Crippen LogP contribution in [0.15, 0.2) is 0 Å². The minimum absolute atomic E-state index is 0.0397. The molecule has 1 fully saturated rings. The van der Waals surface area contributed by atoms with Gasteiger partial charge in [0.2, 0.25) is 11.8 Å². The zero-order chi connectivity index (χ0) is 12.8. The maximum absolute atomic E-state index is 11.9. The molecule has 5 heteroatoms. The standard InChI is InChI=1S/C12H23N3O2/c1-9(2)6-14-11(16)8-15(3)12(17)10-4-5-13-7-10/h9-10,13H,4-8H2,1-3H3,(H,14,16). The minimum Gasteiger partial charge on any atom is -0.354 e. The SMILES string of the molecule is CC(C)CNC(=O)CN(C)C(=O)C1CCNC1. The van der Waals surface area contributed by atoms with E-state index < -0.39 is 0 Å². The molecule has 1 rings (SSSR count). The molecule has 0 aromatic heterocycles. The van der Waals surface area contributed by atoms with Gasteiger partial charge in [-0.1, -0.05) is 13.8 Å². The summed E-state index contributed by atoms with van der Waals surface area (Å²) >= 11 is 0. The van der Waals surface area contributed by atoms with Crippen LogP contribution in [0.2, 0.25) is 0 Å². The number of nitrogens with one attached hydrogen (secondary N) is 2. The van der Waals surface area contributed by atoms with Gasteiger partial charge in [0.15, 0.2) is 0 Å². The lowest BCUT2D eigenvalue weighted by atomic mass is 10.1. The maximum Gasteiger partial charge on any atom is 0.239 e. The molecule has 5 nitrogen and oxygen atoms in total. The number of hydrogen-bond donors (Lipinski definition) is 2. The fourth-order valence-corrected chi connectivity index (χ4v) is 1.84. The van der Waals surface area contributed by atoms with Crippen molar-refractivity contribution in [2.24, 2.45) is 11.8 Å². The van der Waals surface area contributed by atoms with Crippen LogP contribution in [0.1, 0.15) is 20.3 Å². The summed E-state index contributed by atoms with van der Waals surface area (Å²) in [6.45, 7) is 6.52. The number of hydrogen-bond acceptors (Lipinski definition) is 3. The molecule has 0 aromatic rings. The summed E-state index contributed by atoms with van der Waals surface area (Å²) in [7, 11) is 1.69. The van der Waals surface area contributed by atoms with E-state index in [4.69, 9.17) is 0 Å². The maximum atomic E-state index is 11.9. The highest BCUT2D eigenvalue weighted by Gasteiger charge is 2.25. The Bertz CT molecular complexity index is 273. The van der Waals surface area contributed by atoms with Crippen molar-refractivity contribution in [2.45, 2.75) is 20.3 Å². The van der Waals surface area contributed by atoms with Crippen LogP contribution in [-0.4, -0.2) is 49.9 Å². The Morgan fingerprint density at radius 3 is 2.71 bits per heavy atom. The molecule has 0 spiro atoms. The second kappa shape index (κ2) is 6.59. The summed E-state index contributed by atoms with van der Waals surface area (Å²) in [6.07, 6.45) is 0.872. The Kier molecular flexibility index (Phi) is 5.41. The molecule has 1 aliphatic heterocycles. The van der Waals surface area contributed by atoms with Crippen molar-refractivity contribution in [3.05, 3.63) is 0 Å². The molecule has 0 aliphatic carbocycles. The lowest BCUT2D eigenvalue weighted by molar-refractivity contribution is -0.137. The zero-order valence-corrected chi connectivity index (χ0v) is 11.0. The Labute approximate surface area is 103 Å². The van der Waals surface area contributed by atoms with E-state index in [9.17, 15) is 9.59 Å². The number of amides is 2. The normalized spacial score (nSPS) is 19.4. The van der Waals surface area contributed by atoms with Crippen molar-refractivity contribution in [3.8, 4) is 0 Å². The van der Waals surface area contributed by atoms with Crippen molar-refractivity contribution >= 4 is 11.8 Å². The number of rotatable bonds is 5. The van der Waals surface area contributed by atoms with Gasteiger partial charge in [0.25, 0.3) is 0 Å². The molecule has 17 heavy (non-hydrogen) atoms. The molecule has 0 radical (unpaired) electrons. The van der Waals surface area contributed by atoms with Crippen molar-refractivity contribution < 1.29 is 9.59 Å². The van der Waals surface area contributed by atoms with E-state index >= 15 is 0 Å². The number of nitrogens with zero attached hydrogens (tertiary/aromatic N) is 1. The van der Waals surface area contributed by atoms with E-state index in [-0.39, 0.29) is 24.3 Å². The quantitative estimate of drug-likeness (QED) is 0.702. The van der Waals surface area contributed by atoms with Crippen molar-refractivity contribution in [1.29, 1.82) is 0 Å². The molecule has 1 aliphatic rings. The van der Waals surface area contributed by atoms with Gasteiger partial charge in [0.1, 0.15) is 0 Å². The Balaban J connectivity index is 2.29.